The van der Waals surface area contributed by atoms with Crippen LogP contribution in [0.3, 0.4) is 0 Å². The van der Waals surface area contributed by atoms with Gasteiger partial charge in [-0.3, -0.25) is 14.4 Å². The molecule has 80 valence electrons. The molecule has 0 saturated heterocycles. The van der Waals surface area contributed by atoms with Gasteiger partial charge in [-0.05, 0) is 6.42 Å². The molecule has 0 saturated carbocycles. The Labute approximate surface area is 79.7 Å². The summed E-state index contributed by atoms with van der Waals surface area (Å²) in [7, 11) is 0. The van der Waals surface area contributed by atoms with E-state index in [1.165, 1.54) is 0 Å². The van der Waals surface area contributed by atoms with Crippen molar-refractivity contribution in [2.75, 3.05) is 0 Å². The maximum atomic E-state index is 11.1. The lowest BCUT2D eigenvalue weighted by molar-refractivity contribution is -0.142. The number of ketones is 1. The minimum atomic E-state index is -1.68. The van der Waals surface area contributed by atoms with E-state index in [2.05, 4.69) is 0 Å². The smallest absolute Gasteiger partial charge is 0.328 e. The van der Waals surface area contributed by atoms with Crippen molar-refractivity contribution in [3.63, 3.8) is 0 Å². The SMILES string of the molecule is NC(C(=O)O)C(=O)[C@@H](N)CCC(=O)O. The first-order chi connectivity index (χ1) is 6.36. The molecule has 0 amide bonds. The van der Waals surface area contributed by atoms with Crippen molar-refractivity contribution >= 4 is 17.7 Å². The zero-order valence-electron chi connectivity index (χ0n) is 7.34. The molecule has 1 unspecified atom stereocenters. The minimum absolute atomic E-state index is 0.116. The lowest BCUT2D eigenvalue weighted by atomic mass is 10.0. The van der Waals surface area contributed by atoms with Gasteiger partial charge in [0.25, 0.3) is 0 Å². The Kier molecular flexibility index (Phi) is 4.74. The summed E-state index contributed by atoms with van der Waals surface area (Å²) in [5.41, 5.74) is 10.2. The second kappa shape index (κ2) is 5.30. The Bertz CT molecular complexity index is 252. The second-order valence-electron chi connectivity index (χ2n) is 2.76. The van der Waals surface area contributed by atoms with Gasteiger partial charge in [0.2, 0.25) is 0 Å². The van der Waals surface area contributed by atoms with Gasteiger partial charge in [0.1, 0.15) is 0 Å². The van der Waals surface area contributed by atoms with Crippen LogP contribution in [0.15, 0.2) is 0 Å². The quantitative estimate of drug-likeness (QED) is 0.372. The number of Topliss-reactive ketones (excluding diaryl/α,β-unsaturated/α-hetero) is 1. The van der Waals surface area contributed by atoms with Gasteiger partial charge >= 0.3 is 11.9 Å². The molecule has 0 spiro atoms. The summed E-state index contributed by atoms with van der Waals surface area (Å²) in [6, 6.07) is -2.82. The van der Waals surface area contributed by atoms with E-state index in [1.807, 2.05) is 0 Å². The Morgan fingerprint density at radius 1 is 1.14 bits per heavy atom. The van der Waals surface area contributed by atoms with Crippen molar-refractivity contribution in [2.45, 2.75) is 24.9 Å². The molecule has 0 aliphatic rings. The Balaban J connectivity index is 4.11. The molecule has 7 heteroatoms. The minimum Gasteiger partial charge on any atom is -0.481 e. The third-order valence-electron chi connectivity index (χ3n) is 1.61. The molecule has 0 aromatic carbocycles. The third kappa shape index (κ3) is 3.97. The fourth-order valence-corrected chi connectivity index (χ4v) is 0.774. The highest BCUT2D eigenvalue weighted by Crippen LogP contribution is 1.98. The van der Waals surface area contributed by atoms with E-state index in [4.69, 9.17) is 21.7 Å². The fourth-order valence-electron chi connectivity index (χ4n) is 0.774. The van der Waals surface area contributed by atoms with Gasteiger partial charge < -0.3 is 21.7 Å². The molecule has 2 atom stereocenters. The number of rotatable bonds is 6. The summed E-state index contributed by atoms with van der Waals surface area (Å²) in [6.45, 7) is 0. The molecule has 0 fully saturated rings. The average molecular weight is 204 g/mol. The molecule has 0 aromatic heterocycles. The van der Waals surface area contributed by atoms with E-state index in [0.717, 1.165) is 0 Å². The van der Waals surface area contributed by atoms with Crippen LogP contribution < -0.4 is 11.5 Å². The van der Waals surface area contributed by atoms with Gasteiger partial charge in [-0.25, -0.2) is 0 Å². The van der Waals surface area contributed by atoms with Crippen LogP contribution in [0.5, 0.6) is 0 Å². The van der Waals surface area contributed by atoms with Gasteiger partial charge in [0.05, 0.1) is 6.04 Å². The largest absolute Gasteiger partial charge is 0.481 e. The maximum absolute atomic E-state index is 11.1. The molecule has 0 rings (SSSR count). The van der Waals surface area contributed by atoms with Crippen molar-refractivity contribution in [2.24, 2.45) is 11.5 Å². The average Bonchev–Trinajstić information content (AvgIpc) is 2.11. The lowest BCUT2D eigenvalue weighted by Gasteiger charge is -2.11. The molecule has 6 N–H and O–H groups in total. The van der Waals surface area contributed by atoms with Crippen molar-refractivity contribution in [1.29, 1.82) is 0 Å². The van der Waals surface area contributed by atoms with Crippen molar-refractivity contribution < 1.29 is 24.6 Å². The predicted octanol–water partition coefficient (Wildman–Crippen LogP) is -1.84. The molecule has 0 heterocycles. The number of nitrogens with two attached hydrogens (primary N) is 2. The third-order valence-corrected chi connectivity index (χ3v) is 1.61. The monoisotopic (exact) mass is 204 g/mol. The van der Waals surface area contributed by atoms with E-state index in [1.54, 1.807) is 0 Å². The van der Waals surface area contributed by atoms with E-state index in [-0.39, 0.29) is 12.8 Å². The van der Waals surface area contributed by atoms with Crippen LogP contribution in [0.1, 0.15) is 12.8 Å². The second-order valence-corrected chi connectivity index (χ2v) is 2.76. The molecule has 0 bridgehead atoms. The van der Waals surface area contributed by atoms with Crippen molar-refractivity contribution in [3.05, 3.63) is 0 Å². The van der Waals surface area contributed by atoms with Crippen molar-refractivity contribution in [3.8, 4) is 0 Å². The Morgan fingerprint density at radius 3 is 2.00 bits per heavy atom. The van der Waals surface area contributed by atoms with Gasteiger partial charge in [0, 0.05) is 6.42 Å². The molecule has 0 aromatic rings. The van der Waals surface area contributed by atoms with Crippen LogP contribution in [-0.2, 0) is 14.4 Å². The summed E-state index contributed by atoms with van der Waals surface area (Å²) in [6.07, 6.45) is -0.408. The fraction of sp³-hybridized carbons (Fsp3) is 0.571. The number of carboxylic acids is 2. The standard InChI is InChI=1S/C7H12N2O5/c8-3(1-2-4(10)11)6(12)5(9)7(13)14/h3,5H,1-2,8-9H2,(H,10,11)(H,13,14)/t3-,5?/m0/s1. The summed E-state index contributed by atoms with van der Waals surface area (Å²) in [5, 5.41) is 16.6. The van der Waals surface area contributed by atoms with Crippen LogP contribution in [-0.4, -0.2) is 40.0 Å². The number of carbonyl (C=O) groups is 3. The van der Waals surface area contributed by atoms with E-state index >= 15 is 0 Å². The normalized spacial score (nSPS) is 14.4. The predicted molar refractivity (Wildman–Crippen MR) is 45.5 cm³/mol. The van der Waals surface area contributed by atoms with Crippen LogP contribution in [0.2, 0.25) is 0 Å². The number of carboxylic acid groups (broad SMARTS) is 2. The molecule has 0 aliphatic carbocycles. The molecular formula is C7H12N2O5. The van der Waals surface area contributed by atoms with Gasteiger partial charge in [-0.15, -0.1) is 0 Å². The van der Waals surface area contributed by atoms with E-state index < -0.39 is 29.8 Å². The molecule has 0 aliphatic heterocycles. The van der Waals surface area contributed by atoms with Crippen LogP contribution in [0, 0.1) is 0 Å². The van der Waals surface area contributed by atoms with E-state index in [9.17, 15) is 14.4 Å². The molecule has 7 nitrogen and oxygen atoms in total. The molecular weight excluding hydrogens is 192 g/mol. The van der Waals surface area contributed by atoms with Crippen molar-refractivity contribution in [1.82, 2.24) is 0 Å². The van der Waals surface area contributed by atoms with E-state index in [0.29, 0.717) is 0 Å². The molecule has 0 radical (unpaired) electrons. The maximum Gasteiger partial charge on any atom is 0.328 e. The summed E-state index contributed by atoms with van der Waals surface area (Å²) in [4.78, 5) is 31.5. The topological polar surface area (TPSA) is 144 Å². The zero-order chi connectivity index (χ0) is 11.3. The van der Waals surface area contributed by atoms with Crippen LogP contribution >= 0.6 is 0 Å². The first-order valence-corrected chi connectivity index (χ1v) is 3.85. The number of aliphatic carboxylic acids is 2. The Hall–Kier alpha value is -1.47. The molecule has 14 heavy (non-hydrogen) atoms. The van der Waals surface area contributed by atoms with Gasteiger partial charge in [-0.2, -0.15) is 0 Å². The number of hydrogen-bond acceptors (Lipinski definition) is 5. The summed E-state index contributed by atoms with van der Waals surface area (Å²) < 4.78 is 0. The highest BCUT2D eigenvalue weighted by Gasteiger charge is 2.26. The lowest BCUT2D eigenvalue weighted by Crippen LogP contribution is -2.47. The highest BCUT2D eigenvalue weighted by molar-refractivity contribution is 6.04. The first-order valence-electron chi connectivity index (χ1n) is 3.85. The first kappa shape index (κ1) is 12.5. The van der Waals surface area contributed by atoms with Gasteiger partial charge in [-0.1, -0.05) is 0 Å². The summed E-state index contributed by atoms with van der Waals surface area (Å²) in [5.74, 6) is -3.43. The number of carbonyl (C=O) groups excluding carboxylic acids is 1. The van der Waals surface area contributed by atoms with Crippen LogP contribution in [0.25, 0.3) is 0 Å². The highest BCUT2D eigenvalue weighted by atomic mass is 16.4. The Morgan fingerprint density at radius 2 is 1.64 bits per heavy atom. The number of hydrogen-bond donors (Lipinski definition) is 4. The van der Waals surface area contributed by atoms with Crippen LogP contribution in [0.4, 0.5) is 0 Å². The summed E-state index contributed by atoms with van der Waals surface area (Å²) >= 11 is 0. The zero-order valence-corrected chi connectivity index (χ0v) is 7.34. The van der Waals surface area contributed by atoms with Gasteiger partial charge in [0.15, 0.2) is 11.8 Å².